The van der Waals surface area contributed by atoms with Gasteiger partial charge in [-0.25, -0.2) is 4.68 Å². The molecule has 0 radical (unpaired) electrons. The lowest BCUT2D eigenvalue weighted by molar-refractivity contribution is 0.215. The van der Waals surface area contributed by atoms with E-state index in [4.69, 9.17) is 4.52 Å². The van der Waals surface area contributed by atoms with E-state index >= 15 is 0 Å². The van der Waals surface area contributed by atoms with Gasteiger partial charge in [-0.2, -0.15) is 10.1 Å². The molecule has 1 saturated heterocycles. The van der Waals surface area contributed by atoms with Gasteiger partial charge in [0.15, 0.2) is 17.5 Å². The van der Waals surface area contributed by atoms with Crippen LogP contribution in [0.25, 0.3) is 5.82 Å². The Morgan fingerprint density at radius 3 is 2.32 bits per heavy atom. The summed E-state index contributed by atoms with van der Waals surface area (Å²) in [7, 11) is 0. The summed E-state index contributed by atoms with van der Waals surface area (Å²) in [6.45, 7) is 12.4. The number of aromatic nitrogens is 6. The lowest BCUT2D eigenvalue weighted by atomic mass is 10.2. The molecule has 0 saturated carbocycles. The number of hydrogen-bond acceptors (Lipinski definition) is 8. The smallest absolute Gasteiger partial charge is 0.240 e. The minimum Gasteiger partial charge on any atom is -0.353 e. The van der Waals surface area contributed by atoms with E-state index in [0.29, 0.717) is 12.4 Å². The average Bonchev–Trinajstić information content (AvgIpc) is 3.29. The van der Waals surface area contributed by atoms with Gasteiger partial charge in [0.2, 0.25) is 5.89 Å². The summed E-state index contributed by atoms with van der Waals surface area (Å²) in [5, 5.41) is 17.3. The van der Waals surface area contributed by atoms with Crippen molar-refractivity contribution in [1.29, 1.82) is 0 Å². The summed E-state index contributed by atoms with van der Waals surface area (Å²) in [6, 6.07) is 6.02. The van der Waals surface area contributed by atoms with Crippen LogP contribution in [0.1, 0.15) is 42.9 Å². The van der Waals surface area contributed by atoms with Crippen molar-refractivity contribution in [3.8, 4) is 5.82 Å². The number of hydrogen-bond donors (Lipinski definition) is 0. The van der Waals surface area contributed by atoms with Crippen LogP contribution in [-0.4, -0.2) is 61.2 Å². The van der Waals surface area contributed by atoms with E-state index in [1.165, 1.54) is 0 Å². The standard InChI is InChI=1S/C19H26N8O/c1-13(2)19-20-18(28-24-19)12-25-7-9-26(10-8-25)16-5-6-17(22-21-16)27-15(4)11-14(3)23-27/h5-6,11,13H,7-10,12H2,1-4H3. The third-order valence-electron chi connectivity index (χ3n) is 4.92. The van der Waals surface area contributed by atoms with Crippen molar-refractivity contribution in [2.24, 2.45) is 0 Å². The van der Waals surface area contributed by atoms with Crippen molar-refractivity contribution in [2.75, 3.05) is 31.1 Å². The Morgan fingerprint density at radius 1 is 1.04 bits per heavy atom. The van der Waals surface area contributed by atoms with Gasteiger partial charge in [-0.1, -0.05) is 19.0 Å². The van der Waals surface area contributed by atoms with Crippen molar-refractivity contribution >= 4 is 5.82 Å². The molecular formula is C19H26N8O. The molecule has 9 heteroatoms. The molecule has 0 atom stereocenters. The topological polar surface area (TPSA) is 89.0 Å². The minimum absolute atomic E-state index is 0.283. The molecule has 3 aromatic rings. The molecule has 1 fully saturated rings. The zero-order chi connectivity index (χ0) is 19.7. The first-order valence-corrected chi connectivity index (χ1v) is 9.67. The molecule has 1 aliphatic heterocycles. The van der Waals surface area contributed by atoms with E-state index in [0.717, 1.165) is 55.0 Å². The monoisotopic (exact) mass is 382 g/mol. The summed E-state index contributed by atoms with van der Waals surface area (Å²) in [6.07, 6.45) is 0. The fourth-order valence-electron chi connectivity index (χ4n) is 3.35. The first-order valence-electron chi connectivity index (χ1n) is 9.67. The Kier molecular flexibility index (Phi) is 5.08. The molecule has 0 unspecified atom stereocenters. The predicted molar refractivity (Wildman–Crippen MR) is 105 cm³/mol. The highest BCUT2D eigenvalue weighted by Crippen LogP contribution is 2.17. The second-order valence-electron chi connectivity index (χ2n) is 7.55. The van der Waals surface area contributed by atoms with Crippen molar-refractivity contribution in [3.05, 3.63) is 41.3 Å². The van der Waals surface area contributed by atoms with Gasteiger partial charge >= 0.3 is 0 Å². The molecule has 28 heavy (non-hydrogen) atoms. The van der Waals surface area contributed by atoms with E-state index in [9.17, 15) is 0 Å². The second kappa shape index (κ2) is 7.67. The highest BCUT2D eigenvalue weighted by atomic mass is 16.5. The van der Waals surface area contributed by atoms with Crippen LogP contribution in [0, 0.1) is 13.8 Å². The molecule has 3 aromatic heterocycles. The Hall–Kier alpha value is -2.81. The molecule has 1 aliphatic rings. The van der Waals surface area contributed by atoms with Crippen molar-refractivity contribution in [3.63, 3.8) is 0 Å². The van der Waals surface area contributed by atoms with Crippen LogP contribution in [-0.2, 0) is 6.54 Å². The molecule has 148 valence electrons. The quantitative estimate of drug-likeness (QED) is 0.663. The maximum Gasteiger partial charge on any atom is 0.240 e. The van der Waals surface area contributed by atoms with Gasteiger partial charge in [-0.05, 0) is 32.0 Å². The van der Waals surface area contributed by atoms with Crippen LogP contribution in [0.15, 0.2) is 22.7 Å². The van der Waals surface area contributed by atoms with Gasteiger partial charge in [0.25, 0.3) is 0 Å². The number of nitrogens with zero attached hydrogens (tertiary/aromatic N) is 8. The number of aryl methyl sites for hydroxylation is 2. The van der Waals surface area contributed by atoms with Gasteiger partial charge in [-0.3, -0.25) is 4.90 Å². The first kappa shape index (κ1) is 18.5. The van der Waals surface area contributed by atoms with Crippen molar-refractivity contribution in [2.45, 2.75) is 40.2 Å². The normalized spacial score (nSPS) is 15.5. The average molecular weight is 382 g/mol. The molecule has 4 heterocycles. The molecule has 0 spiro atoms. The largest absolute Gasteiger partial charge is 0.353 e. The first-order chi connectivity index (χ1) is 13.5. The summed E-state index contributed by atoms with van der Waals surface area (Å²) in [4.78, 5) is 9.04. The number of anilines is 1. The minimum atomic E-state index is 0.283. The van der Waals surface area contributed by atoms with Crippen LogP contribution >= 0.6 is 0 Å². The zero-order valence-electron chi connectivity index (χ0n) is 16.8. The summed E-state index contributed by atoms with van der Waals surface area (Å²) in [5.41, 5.74) is 2.02. The van der Waals surface area contributed by atoms with Crippen LogP contribution in [0.2, 0.25) is 0 Å². The summed E-state index contributed by atoms with van der Waals surface area (Å²) < 4.78 is 7.18. The van der Waals surface area contributed by atoms with Crippen LogP contribution in [0.4, 0.5) is 5.82 Å². The van der Waals surface area contributed by atoms with E-state index in [-0.39, 0.29) is 5.92 Å². The molecule has 4 rings (SSSR count). The Labute approximate surface area is 164 Å². The zero-order valence-corrected chi connectivity index (χ0v) is 16.8. The third kappa shape index (κ3) is 3.89. The van der Waals surface area contributed by atoms with Gasteiger partial charge in [0.1, 0.15) is 0 Å². The highest BCUT2D eigenvalue weighted by Gasteiger charge is 2.21. The van der Waals surface area contributed by atoms with Crippen LogP contribution < -0.4 is 4.90 Å². The van der Waals surface area contributed by atoms with Gasteiger partial charge in [0.05, 0.1) is 12.2 Å². The van der Waals surface area contributed by atoms with E-state index in [1.54, 1.807) is 0 Å². The Morgan fingerprint density at radius 2 is 1.75 bits per heavy atom. The lowest BCUT2D eigenvalue weighted by Gasteiger charge is -2.34. The molecule has 9 nitrogen and oxygen atoms in total. The van der Waals surface area contributed by atoms with Crippen LogP contribution in [0.3, 0.4) is 0 Å². The fraction of sp³-hybridized carbons (Fsp3) is 0.526. The predicted octanol–water partition coefficient (Wildman–Crippen LogP) is 2.11. The maximum absolute atomic E-state index is 5.36. The maximum atomic E-state index is 5.36. The molecule has 0 aliphatic carbocycles. The van der Waals surface area contributed by atoms with Crippen LogP contribution in [0.5, 0.6) is 0 Å². The molecule has 0 amide bonds. The van der Waals surface area contributed by atoms with E-state index in [1.807, 2.05) is 36.7 Å². The van der Waals surface area contributed by atoms with Gasteiger partial charge in [0, 0.05) is 37.8 Å². The molecule has 0 N–H and O–H groups in total. The Balaban J connectivity index is 1.35. The molecular weight excluding hydrogens is 356 g/mol. The van der Waals surface area contributed by atoms with Gasteiger partial charge in [-0.15, -0.1) is 10.2 Å². The SMILES string of the molecule is Cc1cc(C)n(-c2ccc(N3CCN(Cc4nc(C(C)C)no4)CC3)nn2)n1. The molecule has 0 bridgehead atoms. The fourth-order valence-corrected chi connectivity index (χ4v) is 3.35. The second-order valence-corrected chi connectivity index (χ2v) is 7.55. The van der Waals surface area contributed by atoms with Crippen molar-refractivity contribution < 1.29 is 4.52 Å². The number of piperazine rings is 1. The number of rotatable bonds is 5. The molecule has 0 aromatic carbocycles. The van der Waals surface area contributed by atoms with Gasteiger partial charge < -0.3 is 9.42 Å². The van der Waals surface area contributed by atoms with E-state index < -0.39 is 0 Å². The van der Waals surface area contributed by atoms with Crippen molar-refractivity contribution in [1.82, 2.24) is 35.0 Å². The Bertz CT molecular complexity index is 922. The summed E-state index contributed by atoms with van der Waals surface area (Å²) >= 11 is 0. The third-order valence-corrected chi connectivity index (χ3v) is 4.92. The summed E-state index contributed by atoms with van der Waals surface area (Å²) in [5.74, 6) is 3.37. The lowest BCUT2D eigenvalue weighted by Crippen LogP contribution is -2.46. The highest BCUT2D eigenvalue weighted by molar-refractivity contribution is 5.40. The van der Waals surface area contributed by atoms with E-state index in [2.05, 4.69) is 49.1 Å².